The van der Waals surface area contributed by atoms with Crippen LogP contribution < -0.4 is 11.5 Å². The van der Waals surface area contributed by atoms with Crippen molar-refractivity contribution >= 4 is 47.4 Å². The van der Waals surface area contributed by atoms with Gasteiger partial charge in [-0.15, -0.1) is 0 Å². The highest BCUT2D eigenvalue weighted by Gasteiger charge is 2.26. The molecule has 0 saturated carbocycles. The van der Waals surface area contributed by atoms with Gasteiger partial charge < -0.3 is 34.6 Å². The van der Waals surface area contributed by atoms with Crippen LogP contribution in [0.3, 0.4) is 0 Å². The van der Waals surface area contributed by atoms with E-state index in [1.807, 2.05) is 45.0 Å². The number of anilines is 1. The van der Waals surface area contributed by atoms with Crippen LogP contribution in [0.2, 0.25) is 0 Å². The highest BCUT2D eigenvalue weighted by Crippen LogP contribution is 2.48. The smallest absolute Gasteiger partial charge is 0.356 e. The van der Waals surface area contributed by atoms with Crippen LogP contribution in [0.5, 0.6) is 0 Å². The van der Waals surface area contributed by atoms with Gasteiger partial charge in [0.05, 0.1) is 44.7 Å². The molecule has 15 heteroatoms. The number of nitrogens with two attached hydrogens (primary N) is 2. The summed E-state index contributed by atoms with van der Waals surface area (Å²) in [5.41, 5.74) is 15.1. The molecule has 0 saturated heterocycles. The molecular weight excluding hydrogens is 655 g/mol. The first-order chi connectivity index (χ1) is 22.9. The summed E-state index contributed by atoms with van der Waals surface area (Å²) in [6, 6.07) is 7.51. The van der Waals surface area contributed by atoms with E-state index in [4.69, 9.17) is 30.0 Å². The molecule has 3 aromatic rings. The van der Waals surface area contributed by atoms with Crippen molar-refractivity contribution in [1.29, 1.82) is 0 Å². The average molecular weight is 707 g/mol. The van der Waals surface area contributed by atoms with E-state index in [1.165, 1.54) is 11.9 Å². The maximum absolute atomic E-state index is 13.6. The summed E-state index contributed by atoms with van der Waals surface area (Å²) in [7, 11) is -3.68. The summed E-state index contributed by atoms with van der Waals surface area (Å²) in [5.74, 6) is 0.650. The van der Waals surface area contributed by atoms with E-state index in [1.54, 1.807) is 10.9 Å². The molecule has 0 radical (unpaired) electrons. The quantitative estimate of drug-likeness (QED) is 0.0752. The van der Waals surface area contributed by atoms with E-state index in [9.17, 15) is 14.2 Å². The lowest BCUT2D eigenvalue weighted by Gasteiger charge is -2.19. The second-order valence-corrected chi connectivity index (χ2v) is 15.3. The van der Waals surface area contributed by atoms with Crippen LogP contribution in [0, 0.1) is 11.8 Å². The normalized spacial score (nSPS) is 14.9. The van der Waals surface area contributed by atoms with Gasteiger partial charge in [-0.05, 0) is 42.7 Å². The molecule has 48 heavy (non-hydrogen) atoms. The Morgan fingerprint density at radius 1 is 0.979 bits per heavy atom. The van der Waals surface area contributed by atoms with Gasteiger partial charge in [0, 0.05) is 18.7 Å². The fourth-order valence-corrected chi connectivity index (χ4v) is 6.92. The summed E-state index contributed by atoms with van der Waals surface area (Å²) in [4.78, 5) is 37.4. The van der Waals surface area contributed by atoms with Crippen LogP contribution in [0.4, 0.5) is 5.82 Å². The highest BCUT2D eigenvalue weighted by molar-refractivity contribution is 8.13. The van der Waals surface area contributed by atoms with E-state index in [0.29, 0.717) is 42.2 Å². The van der Waals surface area contributed by atoms with Crippen molar-refractivity contribution < 1.29 is 32.7 Å². The van der Waals surface area contributed by atoms with Crippen LogP contribution in [-0.4, -0.2) is 75.2 Å². The molecule has 13 nitrogen and oxygen atoms in total. The van der Waals surface area contributed by atoms with E-state index in [-0.39, 0.29) is 55.6 Å². The number of thioether (sulfide) groups is 1. The molecule has 0 spiro atoms. The Bertz CT molecular complexity index is 1490. The van der Waals surface area contributed by atoms with Crippen LogP contribution >= 0.6 is 19.4 Å². The lowest BCUT2D eigenvalue weighted by molar-refractivity contribution is -0.145. The van der Waals surface area contributed by atoms with Crippen LogP contribution in [0.15, 0.2) is 36.9 Å². The summed E-state index contributed by atoms with van der Waals surface area (Å²) < 4.78 is 38.0. The number of nitrogens with zero attached hydrogens (tertiary/aromatic N) is 4. The zero-order valence-electron chi connectivity index (χ0n) is 28.7. The van der Waals surface area contributed by atoms with Gasteiger partial charge in [-0.1, -0.05) is 70.1 Å². The number of aromatic nitrogens is 4. The zero-order chi connectivity index (χ0) is 35.1. The summed E-state index contributed by atoms with van der Waals surface area (Å²) in [6.45, 7) is 10.9. The Hall–Kier alpha value is -2.87. The Morgan fingerprint density at radius 2 is 1.69 bits per heavy atom. The second kappa shape index (κ2) is 20.0. The van der Waals surface area contributed by atoms with Gasteiger partial charge in [-0.25, -0.2) is 15.0 Å². The van der Waals surface area contributed by atoms with Gasteiger partial charge in [0.2, 0.25) is 5.12 Å². The largest absolute Gasteiger partial charge is 0.465 e. The van der Waals surface area contributed by atoms with Crippen LogP contribution in [0.1, 0.15) is 70.9 Å². The van der Waals surface area contributed by atoms with E-state index in [0.717, 1.165) is 30.2 Å². The molecule has 0 aliphatic carbocycles. The monoisotopic (exact) mass is 706 g/mol. The van der Waals surface area contributed by atoms with Crippen molar-refractivity contribution in [1.82, 2.24) is 19.5 Å². The number of hydrogen-bond donors (Lipinski definition) is 2. The summed E-state index contributed by atoms with van der Waals surface area (Å²) in [5, 5.41) is -0.0711. The highest BCUT2D eigenvalue weighted by atomic mass is 32.2. The molecule has 266 valence electrons. The first-order valence-corrected chi connectivity index (χ1v) is 19.2. The maximum atomic E-state index is 13.6. The minimum atomic E-state index is -3.68. The zero-order valence-corrected chi connectivity index (χ0v) is 30.4. The Morgan fingerprint density at radius 3 is 2.38 bits per heavy atom. The number of carbonyl (C=O) groups is 2. The number of fused-ring (bicyclic) bond motifs is 1. The van der Waals surface area contributed by atoms with Gasteiger partial charge >= 0.3 is 13.6 Å². The number of hydrogen-bond acceptors (Lipinski definition) is 13. The number of nitrogen functional groups attached to an aromatic ring is 1. The fraction of sp³-hybridized carbons (Fsp3) is 0.606. The number of benzene rings is 1. The number of rotatable bonds is 22. The van der Waals surface area contributed by atoms with Crippen molar-refractivity contribution in [2.45, 2.75) is 78.8 Å². The van der Waals surface area contributed by atoms with E-state index < -0.39 is 19.6 Å². The van der Waals surface area contributed by atoms with Crippen molar-refractivity contribution in [2.75, 3.05) is 44.3 Å². The molecule has 4 N–H and O–H groups in total. The molecule has 0 bridgehead atoms. The van der Waals surface area contributed by atoms with Gasteiger partial charge in [0.25, 0.3) is 0 Å². The van der Waals surface area contributed by atoms with Gasteiger partial charge in [-0.2, -0.15) is 0 Å². The van der Waals surface area contributed by atoms with Crippen molar-refractivity contribution in [3.05, 3.63) is 48.0 Å². The molecule has 2 aromatic heterocycles. The first kappa shape index (κ1) is 39.6. The molecule has 1 aromatic carbocycles. The number of ether oxygens (including phenoxy) is 2. The number of esters is 1. The van der Waals surface area contributed by atoms with Gasteiger partial charge in [0.15, 0.2) is 11.5 Å². The fourth-order valence-electron chi connectivity index (χ4n) is 4.64. The third kappa shape index (κ3) is 12.5. The third-order valence-corrected chi connectivity index (χ3v) is 10.5. The molecular formula is C33H51N6O7PS. The van der Waals surface area contributed by atoms with E-state index >= 15 is 0 Å². The molecule has 3 unspecified atom stereocenters. The SMILES string of the molecule is CCC(C)[C@@H](N)C(=O)SCCCOP(=O)(COCCn1cnc2c(N)ncnc21)OCCCOC(=O)C(C)c1ccc(CC(C)C)cc1. The van der Waals surface area contributed by atoms with Crippen LogP contribution in [-0.2, 0) is 45.6 Å². The van der Waals surface area contributed by atoms with Crippen LogP contribution in [0.25, 0.3) is 11.2 Å². The average Bonchev–Trinajstić information content (AvgIpc) is 3.49. The first-order valence-electron chi connectivity index (χ1n) is 16.5. The molecule has 3 rings (SSSR count). The predicted octanol–water partition coefficient (Wildman–Crippen LogP) is 5.57. The molecule has 2 heterocycles. The summed E-state index contributed by atoms with van der Waals surface area (Å²) >= 11 is 1.15. The van der Waals surface area contributed by atoms with E-state index in [2.05, 4.69) is 28.8 Å². The molecule has 4 atom stereocenters. The van der Waals surface area contributed by atoms with Gasteiger partial charge in [0.1, 0.15) is 18.2 Å². The Labute approximate surface area is 287 Å². The minimum Gasteiger partial charge on any atom is -0.465 e. The van der Waals surface area contributed by atoms with Crippen molar-refractivity contribution in [2.24, 2.45) is 17.6 Å². The molecule has 0 amide bonds. The standard InChI is InChI=1S/C33H51N6O7PS/c1-6-24(4)28(34)33(41)48-18-8-16-46-47(42,22-43-17-13-39-21-38-29-30(35)36-20-37-31(29)39)45-15-7-14-44-32(40)25(5)27-11-9-26(10-12-27)19-23(2)3/h9-12,20-21,23-25,28H,6-8,13-19,22,34H2,1-5H3,(H2,35,36,37)/t24?,25?,28-,47?/m1/s1. The maximum Gasteiger partial charge on any atom is 0.356 e. The number of imidazole rings is 1. The van der Waals surface area contributed by atoms with Crippen molar-refractivity contribution in [3.63, 3.8) is 0 Å². The Kier molecular flexibility index (Phi) is 16.5. The Balaban J connectivity index is 1.47. The van der Waals surface area contributed by atoms with Gasteiger partial charge in [-0.3, -0.25) is 14.2 Å². The lowest BCUT2D eigenvalue weighted by Crippen LogP contribution is -2.35. The third-order valence-electron chi connectivity index (χ3n) is 7.80. The lowest BCUT2D eigenvalue weighted by atomic mass is 9.97. The topological polar surface area (TPSA) is 184 Å². The van der Waals surface area contributed by atoms with Crippen molar-refractivity contribution in [3.8, 4) is 0 Å². The predicted molar refractivity (Wildman–Crippen MR) is 189 cm³/mol. The molecule has 0 fully saturated rings. The second-order valence-electron chi connectivity index (χ2n) is 12.2. The summed E-state index contributed by atoms with van der Waals surface area (Å²) in [6.07, 6.45) is 5.25. The number of carbonyl (C=O) groups excluding carboxylic acids is 2. The molecule has 0 aliphatic heterocycles. The molecule has 0 aliphatic rings. The minimum absolute atomic E-state index is 0.0333.